The molecule has 7 nitrogen and oxygen atoms in total. The smallest absolute Gasteiger partial charge is 0.293 e. The summed E-state index contributed by atoms with van der Waals surface area (Å²) >= 11 is 0. The number of aromatic nitrogens is 2. The van der Waals surface area contributed by atoms with Crippen LogP contribution in [0.4, 0.5) is 5.95 Å². The average Bonchev–Trinajstić information content (AvgIpc) is 3.10. The number of carbonyl (C=O) groups excluding carboxylic acids is 1. The quantitative estimate of drug-likeness (QED) is 0.775. The van der Waals surface area contributed by atoms with E-state index in [2.05, 4.69) is 15.3 Å². The summed E-state index contributed by atoms with van der Waals surface area (Å²) in [7, 11) is 0. The number of nitrogens with one attached hydrogen (secondary N) is 1. The van der Waals surface area contributed by atoms with Crippen LogP contribution in [0.15, 0.2) is 59.3 Å². The predicted molar refractivity (Wildman–Crippen MR) is 84.2 cm³/mol. The van der Waals surface area contributed by atoms with Crippen molar-refractivity contribution in [3.8, 4) is 11.8 Å². The number of furan rings is 1. The topological polar surface area (TPSA) is 101 Å². The van der Waals surface area contributed by atoms with Crippen molar-refractivity contribution in [1.82, 2.24) is 9.97 Å². The summed E-state index contributed by atoms with van der Waals surface area (Å²) in [5, 5.41) is 11.5. The first kappa shape index (κ1) is 15.2. The number of amides is 1. The van der Waals surface area contributed by atoms with Crippen molar-refractivity contribution in [3.05, 3.63) is 71.9 Å². The number of nitriles is 1. The molecule has 0 aliphatic carbocycles. The minimum absolute atomic E-state index is 0.105. The number of carbonyl (C=O) groups is 1. The van der Waals surface area contributed by atoms with Crippen LogP contribution in [-0.4, -0.2) is 15.9 Å². The fraction of sp³-hybridized carbons (Fsp3) is 0.0588. The molecule has 7 heteroatoms. The third kappa shape index (κ3) is 3.56. The van der Waals surface area contributed by atoms with Gasteiger partial charge in [-0.05, 0) is 30.3 Å². The van der Waals surface area contributed by atoms with Crippen molar-refractivity contribution in [3.63, 3.8) is 0 Å². The largest absolute Gasteiger partial charge is 0.484 e. The van der Waals surface area contributed by atoms with E-state index in [4.69, 9.17) is 14.4 Å². The maximum absolute atomic E-state index is 12.0. The Morgan fingerprint density at radius 3 is 2.75 bits per heavy atom. The van der Waals surface area contributed by atoms with Gasteiger partial charge < -0.3 is 9.15 Å². The summed E-state index contributed by atoms with van der Waals surface area (Å²) in [5.41, 5.74) is 0.434. The lowest BCUT2D eigenvalue weighted by Crippen LogP contribution is -2.13. The van der Waals surface area contributed by atoms with Gasteiger partial charge in [0, 0.05) is 12.4 Å². The van der Waals surface area contributed by atoms with Gasteiger partial charge in [0.05, 0.1) is 5.56 Å². The Morgan fingerprint density at radius 2 is 1.96 bits per heavy atom. The Labute approximate surface area is 137 Å². The molecule has 3 aromatic rings. The SMILES string of the molecule is N#Cc1ccccc1OCc1ccc(C(=O)Nc2ncccn2)o1. The highest BCUT2D eigenvalue weighted by atomic mass is 16.5. The van der Waals surface area contributed by atoms with Gasteiger partial charge in [-0.3, -0.25) is 10.1 Å². The lowest BCUT2D eigenvalue weighted by Gasteiger charge is -2.05. The fourth-order valence-corrected chi connectivity index (χ4v) is 1.94. The molecular weight excluding hydrogens is 308 g/mol. The fourth-order valence-electron chi connectivity index (χ4n) is 1.94. The number of hydrogen-bond acceptors (Lipinski definition) is 6. The van der Waals surface area contributed by atoms with E-state index in [1.807, 2.05) is 6.07 Å². The van der Waals surface area contributed by atoms with Gasteiger partial charge in [-0.1, -0.05) is 12.1 Å². The molecule has 0 saturated carbocycles. The summed E-state index contributed by atoms with van der Waals surface area (Å²) in [6.07, 6.45) is 3.05. The minimum Gasteiger partial charge on any atom is -0.484 e. The summed E-state index contributed by atoms with van der Waals surface area (Å²) < 4.78 is 11.0. The molecule has 0 unspecified atom stereocenters. The number of nitrogens with zero attached hydrogens (tertiary/aromatic N) is 3. The first-order chi connectivity index (χ1) is 11.8. The maximum atomic E-state index is 12.0. The molecule has 24 heavy (non-hydrogen) atoms. The van der Waals surface area contributed by atoms with Crippen molar-refractivity contribution >= 4 is 11.9 Å². The van der Waals surface area contributed by atoms with Gasteiger partial charge in [0.1, 0.15) is 24.2 Å². The molecule has 0 radical (unpaired) electrons. The Kier molecular flexibility index (Phi) is 4.49. The Morgan fingerprint density at radius 1 is 1.17 bits per heavy atom. The second-order valence-corrected chi connectivity index (χ2v) is 4.69. The van der Waals surface area contributed by atoms with Gasteiger partial charge in [-0.2, -0.15) is 5.26 Å². The number of para-hydroxylation sites is 1. The Bertz CT molecular complexity index is 884. The number of rotatable bonds is 5. The molecule has 1 N–H and O–H groups in total. The monoisotopic (exact) mass is 320 g/mol. The van der Waals surface area contributed by atoms with Gasteiger partial charge in [-0.25, -0.2) is 9.97 Å². The molecule has 0 saturated heterocycles. The second-order valence-electron chi connectivity index (χ2n) is 4.69. The number of ether oxygens (including phenoxy) is 1. The molecular formula is C17H12N4O3. The Hall–Kier alpha value is -3.66. The average molecular weight is 320 g/mol. The van der Waals surface area contributed by atoms with Gasteiger partial charge in [-0.15, -0.1) is 0 Å². The number of hydrogen-bond donors (Lipinski definition) is 1. The lowest BCUT2D eigenvalue weighted by molar-refractivity contribution is 0.0991. The summed E-state index contributed by atoms with van der Waals surface area (Å²) in [4.78, 5) is 19.8. The molecule has 2 aromatic heterocycles. The zero-order valence-corrected chi connectivity index (χ0v) is 12.5. The molecule has 0 aliphatic rings. The van der Waals surface area contributed by atoms with Crippen LogP contribution in [0.2, 0.25) is 0 Å². The van der Waals surface area contributed by atoms with Gasteiger partial charge in [0.15, 0.2) is 5.76 Å². The molecule has 118 valence electrons. The van der Waals surface area contributed by atoms with Crippen LogP contribution in [0.5, 0.6) is 5.75 Å². The van der Waals surface area contributed by atoms with E-state index in [0.29, 0.717) is 17.1 Å². The molecule has 1 amide bonds. The van der Waals surface area contributed by atoms with Gasteiger partial charge >= 0.3 is 0 Å². The van der Waals surface area contributed by atoms with Crippen LogP contribution in [0.25, 0.3) is 0 Å². The highest BCUT2D eigenvalue weighted by Gasteiger charge is 2.13. The first-order valence-corrected chi connectivity index (χ1v) is 7.05. The van der Waals surface area contributed by atoms with E-state index in [0.717, 1.165) is 0 Å². The molecule has 1 aromatic carbocycles. The van der Waals surface area contributed by atoms with E-state index in [-0.39, 0.29) is 18.3 Å². The highest BCUT2D eigenvalue weighted by Crippen LogP contribution is 2.19. The molecule has 2 heterocycles. The summed E-state index contributed by atoms with van der Waals surface area (Å²) in [6.45, 7) is 0.105. The molecule has 3 rings (SSSR count). The van der Waals surface area contributed by atoms with Crippen molar-refractivity contribution < 1.29 is 13.9 Å². The van der Waals surface area contributed by atoms with Crippen LogP contribution < -0.4 is 10.1 Å². The van der Waals surface area contributed by atoms with Crippen molar-refractivity contribution in [2.75, 3.05) is 5.32 Å². The van der Waals surface area contributed by atoms with Crippen LogP contribution in [-0.2, 0) is 6.61 Å². The van der Waals surface area contributed by atoms with Crippen LogP contribution in [0, 0.1) is 11.3 Å². The first-order valence-electron chi connectivity index (χ1n) is 7.05. The molecule has 0 spiro atoms. The second kappa shape index (κ2) is 7.07. The third-order valence-corrected chi connectivity index (χ3v) is 3.05. The molecule has 0 atom stereocenters. The van der Waals surface area contributed by atoms with E-state index >= 15 is 0 Å². The van der Waals surface area contributed by atoms with E-state index < -0.39 is 5.91 Å². The van der Waals surface area contributed by atoms with Crippen LogP contribution in [0.1, 0.15) is 21.9 Å². The van der Waals surface area contributed by atoms with Crippen LogP contribution in [0.3, 0.4) is 0 Å². The maximum Gasteiger partial charge on any atom is 0.293 e. The number of anilines is 1. The third-order valence-electron chi connectivity index (χ3n) is 3.05. The zero-order chi connectivity index (χ0) is 16.8. The van der Waals surface area contributed by atoms with Crippen molar-refractivity contribution in [1.29, 1.82) is 5.26 Å². The van der Waals surface area contributed by atoms with E-state index in [1.54, 1.807) is 36.4 Å². The summed E-state index contributed by atoms with van der Waals surface area (Å²) in [5.74, 6) is 0.779. The predicted octanol–water partition coefficient (Wildman–Crippen LogP) is 2.77. The normalized spacial score (nSPS) is 9.96. The minimum atomic E-state index is -0.454. The Balaban J connectivity index is 1.63. The highest BCUT2D eigenvalue weighted by molar-refractivity contribution is 6.01. The van der Waals surface area contributed by atoms with Gasteiger partial charge in [0.2, 0.25) is 5.95 Å². The molecule has 0 fully saturated rings. The molecule has 0 aliphatic heterocycles. The molecule has 0 bridgehead atoms. The van der Waals surface area contributed by atoms with Crippen molar-refractivity contribution in [2.45, 2.75) is 6.61 Å². The summed E-state index contributed by atoms with van der Waals surface area (Å²) in [6, 6.07) is 13.8. The lowest BCUT2D eigenvalue weighted by atomic mass is 10.2. The van der Waals surface area contributed by atoms with E-state index in [1.165, 1.54) is 18.5 Å². The number of benzene rings is 1. The van der Waals surface area contributed by atoms with Crippen molar-refractivity contribution in [2.24, 2.45) is 0 Å². The van der Waals surface area contributed by atoms with Crippen LogP contribution >= 0.6 is 0 Å². The van der Waals surface area contributed by atoms with Gasteiger partial charge in [0.25, 0.3) is 5.91 Å². The zero-order valence-electron chi connectivity index (χ0n) is 12.5. The van der Waals surface area contributed by atoms with E-state index in [9.17, 15) is 4.79 Å². The standard InChI is InChI=1S/C17H12N4O3/c18-10-12-4-1-2-5-14(12)23-11-13-6-7-15(24-13)16(22)21-17-19-8-3-9-20-17/h1-9H,11H2,(H,19,20,21,22).